The maximum Gasteiger partial charge on any atom is 0.330 e. The summed E-state index contributed by atoms with van der Waals surface area (Å²) in [4.78, 5) is 11.1. The van der Waals surface area contributed by atoms with Gasteiger partial charge in [0.1, 0.15) is 0 Å². The second kappa shape index (κ2) is 3.39. The van der Waals surface area contributed by atoms with Gasteiger partial charge in [0.2, 0.25) is 0 Å². The lowest BCUT2D eigenvalue weighted by molar-refractivity contribution is -0.137. The Balaban J connectivity index is 1.94. The average Bonchev–Trinajstić information content (AvgIpc) is 2.59. The van der Waals surface area contributed by atoms with Gasteiger partial charge >= 0.3 is 5.97 Å². The van der Waals surface area contributed by atoms with Crippen LogP contribution in [0.25, 0.3) is 0 Å². The van der Waals surface area contributed by atoms with Gasteiger partial charge in [0.25, 0.3) is 0 Å². The summed E-state index contributed by atoms with van der Waals surface area (Å²) in [6, 6.07) is 0. The minimum Gasteiger partial charge on any atom is -0.463 e. The van der Waals surface area contributed by atoms with Crippen molar-refractivity contribution in [2.75, 3.05) is 19.7 Å². The van der Waals surface area contributed by atoms with Crippen LogP contribution >= 0.6 is 0 Å². The third-order valence-electron chi connectivity index (χ3n) is 3.64. The first-order valence-electron chi connectivity index (χ1n) is 5.27. The van der Waals surface area contributed by atoms with E-state index < -0.39 is 0 Å². The van der Waals surface area contributed by atoms with Gasteiger partial charge in [-0.05, 0) is 25.3 Å². The summed E-state index contributed by atoms with van der Waals surface area (Å²) in [6.45, 7) is 6.63. The minimum absolute atomic E-state index is 0.216. The van der Waals surface area contributed by atoms with Crippen molar-refractivity contribution in [3.63, 3.8) is 0 Å². The molecule has 0 radical (unpaired) electrons. The van der Waals surface area contributed by atoms with Crippen molar-refractivity contribution in [1.29, 1.82) is 0 Å². The second-order valence-electron chi connectivity index (χ2n) is 4.22. The van der Waals surface area contributed by atoms with E-state index in [1.165, 1.54) is 0 Å². The van der Waals surface area contributed by atoms with Crippen molar-refractivity contribution in [3.8, 4) is 0 Å². The predicted molar refractivity (Wildman–Crippen MR) is 53.7 cm³/mol. The summed E-state index contributed by atoms with van der Waals surface area (Å²) in [6.07, 6.45) is 3.63. The summed E-state index contributed by atoms with van der Waals surface area (Å²) in [5.74, 6) is 1.23. The molecule has 0 aromatic carbocycles. The van der Waals surface area contributed by atoms with Crippen LogP contribution in [0.15, 0.2) is 12.2 Å². The largest absolute Gasteiger partial charge is 0.463 e. The van der Waals surface area contributed by atoms with E-state index in [9.17, 15) is 4.79 Å². The molecule has 3 heteroatoms. The van der Waals surface area contributed by atoms with E-state index >= 15 is 0 Å². The molecule has 3 atom stereocenters. The molecular weight excluding hydrogens is 178 g/mol. The topological polar surface area (TPSA) is 38.3 Å². The smallest absolute Gasteiger partial charge is 0.330 e. The van der Waals surface area contributed by atoms with E-state index in [0.29, 0.717) is 6.61 Å². The van der Waals surface area contributed by atoms with E-state index in [-0.39, 0.29) is 11.4 Å². The van der Waals surface area contributed by atoms with Gasteiger partial charge in [-0.1, -0.05) is 13.0 Å². The van der Waals surface area contributed by atoms with Crippen LogP contribution in [0.4, 0.5) is 0 Å². The Hall–Kier alpha value is -0.830. The van der Waals surface area contributed by atoms with Gasteiger partial charge in [0, 0.05) is 18.0 Å². The summed E-state index contributed by atoms with van der Waals surface area (Å²) in [5, 5.41) is 3.35. The molecule has 1 heterocycles. The molecule has 0 amide bonds. The van der Waals surface area contributed by atoms with Crippen molar-refractivity contribution in [3.05, 3.63) is 12.2 Å². The quantitative estimate of drug-likeness (QED) is 0.538. The molecule has 3 unspecified atom stereocenters. The van der Waals surface area contributed by atoms with E-state index in [1.54, 1.807) is 6.08 Å². The van der Waals surface area contributed by atoms with Gasteiger partial charge in [-0.25, -0.2) is 4.79 Å². The molecule has 0 aromatic heterocycles. The van der Waals surface area contributed by atoms with E-state index in [1.807, 2.05) is 13.0 Å². The summed E-state index contributed by atoms with van der Waals surface area (Å²) >= 11 is 0. The third kappa shape index (κ3) is 1.36. The molecule has 1 saturated carbocycles. The third-order valence-corrected chi connectivity index (χ3v) is 3.64. The zero-order valence-electron chi connectivity index (χ0n) is 8.75. The Morgan fingerprint density at radius 3 is 3.07 bits per heavy atom. The van der Waals surface area contributed by atoms with Crippen LogP contribution in [0.5, 0.6) is 0 Å². The highest BCUT2D eigenvalue weighted by atomic mass is 16.5. The molecule has 14 heavy (non-hydrogen) atoms. The van der Waals surface area contributed by atoms with Gasteiger partial charge in [0.15, 0.2) is 0 Å². The lowest BCUT2D eigenvalue weighted by Gasteiger charge is -2.06. The molecule has 1 aliphatic heterocycles. The molecule has 0 aromatic rings. The monoisotopic (exact) mass is 195 g/mol. The van der Waals surface area contributed by atoms with Crippen LogP contribution < -0.4 is 5.32 Å². The van der Waals surface area contributed by atoms with Gasteiger partial charge < -0.3 is 10.1 Å². The van der Waals surface area contributed by atoms with Crippen molar-refractivity contribution < 1.29 is 9.53 Å². The van der Waals surface area contributed by atoms with Gasteiger partial charge in [0.05, 0.1) is 6.61 Å². The second-order valence-corrected chi connectivity index (χ2v) is 4.22. The fraction of sp³-hybridized carbons (Fsp3) is 0.727. The Morgan fingerprint density at radius 2 is 2.50 bits per heavy atom. The first kappa shape index (κ1) is 9.71. The van der Waals surface area contributed by atoms with Crippen LogP contribution in [-0.2, 0) is 9.53 Å². The number of rotatable bonds is 3. The van der Waals surface area contributed by atoms with Crippen LogP contribution in [0.1, 0.15) is 13.8 Å². The number of nitrogens with one attached hydrogen (secondary N) is 1. The predicted octanol–water partition coefficient (Wildman–Crippen LogP) is 0.961. The van der Waals surface area contributed by atoms with Crippen LogP contribution in [-0.4, -0.2) is 25.7 Å². The first-order valence-corrected chi connectivity index (χ1v) is 5.27. The van der Waals surface area contributed by atoms with E-state index in [2.05, 4.69) is 12.2 Å². The zero-order valence-corrected chi connectivity index (χ0v) is 8.75. The Bertz CT molecular complexity index is 274. The molecule has 2 rings (SSSR count). The fourth-order valence-corrected chi connectivity index (χ4v) is 2.61. The Labute approximate surface area is 84.5 Å². The molecule has 3 nitrogen and oxygen atoms in total. The normalized spacial score (nSPS) is 39.9. The zero-order chi connectivity index (χ0) is 10.2. The highest BCUT2D eigenvalue weighted by Gasteiger charge is 2.62. The minimum atomic E-state index is -0.216. The molecular formula is C11H17NO2. The number of carbonyl (C=O) groups excluding carboxylic acids is 1. The molecule has 2 aliphatic rings. The lowest BCUT2D eigenvalue weighted by atomic mass is 10.0. The average molecular weight is 195 g/mol. The Kier molecular flexibility index (Phi) is 2.35. The summed E-state index contributed by atoms with van der Waals surface area (Å²) < 4.78 is 4.85. The molecule has 1 aliphatic carbocycles. The van der Waals surface area contributed by atoms with Crippen LogP contribution in [0, 0.1) is 17.3 Å². The maximum atomic E-state index is 11.1. The van der Waals surface area contributed by atoms with Crippen molar-refractivity contribution >= 4 is 5.97 Å². The molecule has 1 N–H and O–H groups in total. The van der Waals surface area contributed by atoms with Crippen LogP contribution in [0.3, 0.4) is 0 Å². The first-order chi connectivity index (χ1) is 6.70. The fourth-order valence-electron chi connectivity index (χ4n) is 2.61. The molecule has 1 saturated heterocycles. The standard InChI is InChI=1S/C11H17NO2/c1-3-14-10(13)4-5-11-7-12-6-9(11)8(11)2/h4-5,8-9,12H,3,6-7H2,1-2H3/b5-4+. The number of esters is 1. The highest BCUT2D eigenvalue weighted by molar-refractivity contribution is 5.82. The van der Waals surface area contributed by atoms with Gasteiger partial charge in [-0.3, -0.25) is 0 Å². The van der Waals surface area contributed by atoms with Gasteiger partial charge in [-0.2, -0.15) is 0 Å². The van der Waals surface area contributed by atoms with Crippen molar-refractivity contribution in [2.24, 2.45) is 17.3 Å². The van der Waals surface area contributed by atoms with Crippen LogP contribution in [0.2, 0.25) is 0 Å². The van der Waals surface area contributed by atoms with E-state index in [4.69, 9.17) is 4.74 Å². The number of hydrogen-bond donors (Lipinski definition) is 1. The molecule has 0 bridgehead atoms. The van der Waals surface area contributed by atoms with E-state index in [0.717, 1.165) is 24.9 Å². The van der Waals surface area contributed by atoms with Crippen molar-refractivity contribution in [2.45, 2.75) is 13.8 Å². The molecule has 0 spiro atoms. The van der Waals surface area contributed by atoms with Crippen molar-refractivity contribution in [1.82, 2.24) is 5.32 Å². The summed E-state index contributed by atoms with van der Waals surface area (Å²) in [7, 11) is 0. The molecule has 78 valence electrons. The number of hydrogen-bond acceptors (Lipinski definition) is 3. The lowest BCUT2D eigenvalue weighted by Crippen LogP contribution is -2.18. The van der Waals surface area contributed by atoms with Gasteiger partial charge in [-0.15, -0.1) is 0 Å². The maximum absolute atomic E-state index is 11.1. The number of fused-ring (bicyclic) bond motifs is 1. The highest BCUT2D eigenvalue weighted by Crippen LogP contribution is 2.61. The Morgan fingerprint density at radius 1 is 1.71 bits per heavy atom. The summed E-state index contributed by atoms with van der Waals surface area (Å²) in [5.41, 5.74) is 0.257. The molecule has 2 fully saturated rings. The number of ether oxygens (including phenoxy) is 1. The number of piperidine rings is 1. The number of carbonyl (C=O) groups is 1. The SMILES string of the molecule is CCOC(=O)/C=C/C12CNCC1C2C.